The van der Waals surface area contributed by atoms with Crippen LogP contribution in [0.25, 0.3) is 0 Å². The molecule has 0 aliphatic carbocycles. The lowest BCUT2D eigenvalue weighted by atomic mass is 10.1. The average Bonchev–Trinajstić information content (AvgIpc) is 2.81. The molecule has 1 N–H and O–H groups in total. The zero-order valence-electron chi connectivity index (χ0n) is 11.9. The molecule has 1 unspecified atom stereocenters. The molecule has 6 heteroatoms. The highest BCUT2D eigenvalue weighted by molar-refractivity contribution is 7.11. The number of hydrogen-bond acceptors (Lipinski definition) is 3. The lowest BCUT2D eigenvalue weighted by Crippen LogP contribution is -2.32. The number of halogens is 3. The molecule has 1 rings (SSSR count). The van der Waals surface area contributed by atoms with Gasteiger partial charge in [-0.25, -0.2) is 0 Å². The van der Waals surface area contributed by atoms with Crippen LogP contribution < -0.4 is 5.32 Å². The van der Waals surface area contributed by atoms with Crippen LogP contribution in [0.5, 0.6) is 0 Å². The van der Waals surface area contributed by atoms with Gasteiger partial charge in [-0.3, -0.25) is 0 Å². The minimum atomic E-state index is -4.24. The second kappa shape index (κ2) is 8.64. The summed E-state index contributed by atoms with van der Waals surface area (Å²) in [7, 11) is 0. The van der Waals surface area contributed by atoms with Gasteiger partial charge in [-0.2, -0.15) is 13.2 Å². The molecule has 1 heterocycles. The summed E-state index contributed by atoms with van der Waals surface area (Å²) < 4.78 is 40.6. The molecule has 0 fully saturated rings. The number of alkyl halides is 3. The van der Waals surface area contributed by atoms with Crippen molar-refractivity contribution in [2.24, 2.45) is 0 Å². The Hall–Kier alpha value is -0.590. The first kappa shape index (κ1) is 17.5. The van der Waals surface area contributed by atoms with E-state index < -0.39 is 12.8 Å². The molecular formula is C14H22F3NOS. The van der Waals surface area contributed by atoms with Gasteiger partial charge in [0.25, 0.3) is 0 Å². The fraction of sp³-hybridized carbons (Fsp3) is 0.714. The van der Waals surface area contributed by atoms with E-state index in [9.17, 15) is 13.2 Å². The predicted molar refractivity (Wildman–Crippen MR) is 76.4 cm³/mol. The van der Waals surface area contributed by atoms with E-state index in [0.717, 1.165) is 19.4 Å². The molecule has 0 saturated heterocycles. The highest BCUT2D eigenvalue weighted by Gasteiger charge is 2.27. The average molecular weight is 309 g/mol. The van der Waals surface area contributed by atoms with Crippen molar-refractivity contribution in [2.45, 2.75) is 45.3 Å². The summed E-state index contributed by atoms with van der Waals surface area (Å²) >= 11 is 1.77. The molecule has 0 radical (unpaired) electrons. The smallest absolute Gasteiger partial charge is 0.372 e. The molecule has 0 bridgehead atoms. The van der Waals surface area contributed by atoms with Crippen molar-refractivity contribution in [1.82, 2.24) is 5.32 Å². The molecule has 0 aliphatic rings. The zero-order valence-corrected chi connectivity index (χ0v) is 12.7. The Kier molecular flexibility index (Phi) is 7.55. The summed E-state index contributed by atoms with van der Waals surface area (Å²) in [6, 6.07) is 4.38. The third-order valence-electron chi connectivity index (χ3n) is 2.88. The van der Waals surface area contributed by atoms with E-state index in [1.807, 2.05) is 6.92 Å². The molecular weight excluding hydrogens is 287 g/mol. The minimum Gasteiger partial charge on any atom is -0.372 e. The van der Waals surface area contributed by atoms with Crippen molar-refractivity contribution in [3.8, 4) is 0 Å². The molecule has 20 heavy (non-hydrogen) atoms. The standard InChI is InChI=1S/C14H22F3NOS/c1-3-12-5-6-13(20-12)9-11(18-4-2)7-8-19-10-14(15,16)17/h5-6,11,18H,3-4,7-10H2,1-2H3. The molecule has 1 aromatic rings. The number of thiophene rings is 1. The summed E-state index contributed by atoms with van der Waals surface area (Å²) in [6.07, 6.45) is -1.79. The first-order valence-electron chi connectivity index (χ1n) is 6.90. The number of nitrogens with one attached hydrogen (secondary N) is 1. The van der Waals surface area contributed by atoms with E-state index in [2.05, 4.69) is 29.1 Å². The van der Waals surface area contributed by atoms with Crippen molar-refractivity contribution in [3.05, 3.63) is 21.9 Å². The summed E-state index contributed by atoms with van der Waals surface area (Å²) in [5.74, 6) is 0. The topological polar surface area (TPSA) is 21.3 Å². The van der Waals surface area contributed by atoms with Crippen molar-refractivity contribution in [2.75, 3.05) is 19.8 Å². The summed E-state index contributed by atoms with van der Waals surface area (Å²) in [4.78, 5) is 2.60. The van der Waals surface area contributed by atoms with Crippen LogP contribution in [0, 0.1) is 0 Å². The lowest BCUT2D eigenvalue weighted by molar-refractivity contribution is -0.174. The van der Waals surface area contributed by atoms with Gasteiger partial charge < -0.3 is 10.1 Å². The van der Waals surface area contributed by atoms with Crippen LogP contribution in [0.3, 0.4) is 0 Å². The van der Waals surface area contributed by atoms with Crippen molar-refractivity contribution in [3.63, 3.8) is 0 Å². The largest absolute Gasteiger partial charge is 0.411 e. The van der Waals surface area contributed by atoms with Gasteiger partial charge in [0.05, 0.1) is 0 Å². The molecule has 116 valence electrons. The Bertz CT molecular complexity index is 379. The van der Waals surface area contributed by atoms with E-state index in [1.165, 1.54) is 9.75 Å². The van der Waals surface area contributed by atoms with Crippen LogP contribution in [0.15, 0.2) is 12.1 Å². The van der Waals surface area contributed by atoms with Gasteiger partial charge in [0, 0.05) is 22.4 Å². The monoisotopic (exact) mass is 309 g/mol. The SMILES string of the molecule is CCNC(CCOCC(F)(F)F)Cc1ccc(CC)s1. The van der Waals surface area contributed by atoms with E-state index in [1.54, 1.807) is 11.3 Å². The molecule has 0 amide bonds. The van der Waals surface area contributed by atoms with Gasteiger partial charge in [-0.1, -0.05) is 13.8 Å². The van der Waals surface area contributed by atoms with Crippen LogP contribution in [-0.2, 0) is 17.6 Å². The Morgan fingerprint density at radius 3 is 2.50 bits per heavy atom. The van der Waals surface area contributed by atoms with E-state index in [4.69, 9.17) is 0 Å². The summed E-state index contributed by atoms with van der Waals surface area (Å²) in [5, 5.41) is 3.30. The number of hydrogen-bond donors (Lipinski definition) is 1. The van der Waals surface area contributed by atoms with Crippen molar-refractivity contribution < 1.29 is 17.9 Å². The van der Waals surface area contributed by atoms with Gasteiger partial charge in [0.1, 0.15) is 6.61 Å². The Morgan fingerprint density at radius 1 is 1.25 bits per heavy atom. The van der Waals surface area contributed by atoms with Gasteiger partial charge in [0.2, 0.25) is 0 Å². The molecule has 2 nitrogen and oxygen atoms in total. The van der Waals surface area contributed by atoms with Gasteiger partial charge in [-0.05, 0) is 37.9 Å². The maximum Gasteiger partial charge on any atom is 0.411 e. The van der Waals surface area contributed by atoms with Crippen LogP contribution in [0.2, 0.25) is 0 Å². The third-order valence-corrected chi connectivity index (χ3v) is 4.13. The van der Waals surface area contributed by atoms with Gasteiger partial charge >= 0.3 is 6.18 Å². The maximum atomic E-state index is 12.0. The summed E-state index contributed by atoms with van der Waals surface area (Å²) in [6.45, 7) is 3.88. The zero-order chi connectivity index (χ0) is 15.0. The third kappa shape index (κ3) is 7.26. The van der Waals surface area contributed by atoms with Gasteiger partial charge in [-0.15, -0.1) is 11.3 Å². The molecule has 0 spiro atoms. The summed E-state index contributed by atoms with van der Waals surface area (Å²) in [5.41, 5.74) is 0. The molecule has 1 atom stereocenters. The van der Waals surface area contributed by atoms with E-state index >= 15 is 0 Å². The quantitative estimate of drug-likeness (QED) is 0.701. The molecule has 1 aromatic heterocycles. The number of aryl methyl sites for hydroxylation is 1. The fourth-order valence-electron chi connectivity index (χ4n) is 1.94. The predicted octanol–water partition coefficient (Wildman–Crippen LogP) is 3.80. The Balaban J connectivity index is 2.36. The normalized spacial score (nSPS) is 13.7. The molecule has 0 aliphatic heterocycles. The fourth-order valence-corrected chi connectivity index (χ4v) is 2.98. The molecule has 0 aromatic carbocycles. The number of likely N-dealkylation sites (N-methyl/N-ethyl adjacent to an activating group) is 1. The highest BCUT2D eigenvalue weighted by atomic mass is 32.1. The van der Waals surface area contributed by atoms with Crippen molar-refractivity contribution >= 4 is 11.3 Å². The van der Waals surface area contributed by atoms with Crippen LogP contribution in [0.1, 0.15) is 30.0 Å². The number of ether oxygens (including phenoxy) is 1. The number of rotatable bonds is 9. The Morgan fingerprint density at radius 2 is 1.95 bits per heavy atom. The molecule has 0 saturated carbocycles. The lowest BCUT2D eigenvalue weighted by Gasteiger charge is -2.17. The first-order valence-corrected chi connectivity index (χ1v) is 7.71. The van der Waals surface area contributed by atoms with Crippen LogP contribution in [0.4, 0.5) is 13.2 Å². The second-order valence-electron chi connectivity index (χ2n) is 4.64. The van der Waals surface area contributed by atoms with Crippen LogP contribution >= 0.6 is 11.3 Å². The first-order chi connectivity index (χ1) is 9.44. The van der Waals surface area contributed by atoms with E-state index in [0.29, 0.717) is 6.42 Å². The minimum absolute atomic E-state index is 0.128. The maximum absolute atomic E-state index is 12.0. The van der Waals surface area contributed by atoms with Crippen LogP contribution in [-0.4, -0.2) is 32.0 Å². The van der Waals surface area contributed by atoms with Crippen molar-refractivity contribution in [1.29, 1.82) is 0 Å². The van der Waals surface area contributed by atoms with E-state index in [-0.39, 0.29) is 12.6 Å². The van der Waals surface area contributed by atoms with Gasteiger partial charge in [0.15, 0.2) is 0 Å². The highest BCUT2D eigenvalue weighted by Crippen LogP contribution is 2.19. The second-order valence-corrected chi connectivity index (χ2v) is 5.89. The Labute approximate surface area is 122 Å².